The third-order valence-corrected chi connectivity index (χ3v) is 4.69. The van der Waals surface area contributed by atoms with Gasteiger partial charge in [0.15, 0.2) is 0 Å². The number of carbonyl (C=O) groups excluding carboxylic acids is 1. The second kappa shape index (κ2) is 6.37. The van der Waals surface area contributed by atoms with E-state index in [1.54, 1.807) is 19.1 Å². The van der Waals surface area contributed by atoms with Crippen LogP contribution in [-0.2, 0) is 14.8 Å². The molecule has 0 heterocycles. The van der Waals surface area contributed by atoms with Crippen LogP contribution in [0.15, 0.2) is 41.3 Å². The molecule has 2 aromatic carbocycles. The highest BCUT2D eigenvalue weighted by atomic mass is 32.2. The molecule has 0 saturated heterocycles. The minimum atomic E-state index is -3.80. The average Bonchev–Trinajstić information content (AvgIpc) is 2.41. The molecule has 0 saturated carbocycles. The molecule has 0 atom stereocenters. The summed E-state index contributed by atoms with van der Waals surface area (Å²) in [6, 6.07) is 8.60. The van der Waals surface area contributed by atoms with Crippen LogP contribution in [0.2, 0.25) is 0 Å². The van der Waals surface area contributed by atoms with Gasteiger partial charge in [0.05, 0.1) is 16.3 Å². The first-order valence-electron chi connectivity index (χ1n) is 6.86. The molecule has 0 radical (unpaired) electrons. The highest BCUT2D eigenvalue weighted by Gasteiger charge is 2.17. The zero-order chi connectivity index (χ0) is 17.2. The maximum absolute atomic E-state index is 13.6. The summed E-state index contributed by atoms with van der Waals surface area (Å²) in [5, 5.41) is 2.31. The van der Waals surface area contributed by atoms with E-state index >= 15 is 0 Å². The number of anilines is 2. The number of nitrogens with one attached hydrogen (secondary N) is 2. The van der Waals surface area contributed by atoms with Gasteiger partial charge in [-0.2, -0.15) is 0 Å². The number of hydrogen-bond acceptors (Lipinski definition) is 3. The molecule has 2 N–H and O–H groups in total. The Morgan fingerprint density at radius 1 is 1.09 bits per heavy atom. The van der Waals surface area contributed by atoms with Gasteiger partial charge in [0, 0.05) is 6.92 Å². The predicted octanol–water partition coefficient (Wildman–Crippen LogP) is 3.20. The zero-order valence-corrected chi connectivity index (χ0v) is 13.8. The normalized spacial score (nSPS) is 11.1. The summed E-state index contributed by atoms with van der Waals surface area (Å²) in [7, 11) is -3.80. The number of halogens is 1. The maximum atomic E-state index is 13.6. The third-order valence-electron chi connectivity index (χ3n) is 3.15. The van der Waals surface area contributed by atoms with E-state index < -0.39 is 21.7 Å². The molecule has 2 aromatic rings. The lowest BCUT2D eigenvalue weighted by atomic mass is 10.2. The fourth-order valence-corrected chi connectivity index (χ4v) is 3.46. The highest BCUT2D eigenvalue weighted by molar-refractivity contribution is 7.92. The van der Waals surface area contributed by atoms with Gasteiger partial charge in [-0.15, -0.1) is 0 Å². The van der Waals surface area contributed by atoms with Crippen molar-refractivity contribution in [3.8, 4) is 0 Å². The van der Waals surface area contributed by atoms with Crippen molar-refractivity contribution in [2.24, 2.45) is 0 Å². The fraction of sp³-hybridized carbons (Fsp3) is 0.188. The Bertz CT molecular complexity index is 864. The number of carbonyl (C=O) groups is 1. The van der Waals surface area contributed by atoms with Crippen LogP contribution in [-0.4, -0.2) is 14.3 Å². The Morgan fingerprint density at radius 2 is 1.78 bits per heavy atom. The molecule has 0 fully saturated rings. The number of hydrogen-bond donors (Lipinski definition) is 2. The molecule has 7 heteroatoms. The van der Waals surface area contributed by atoms with Crippen LogP contribution in [0, 0.1) is 19.7 Å². The van der Waals surface area contributed by atoms with Crippen LogP contribution in [0.4, 0.5) is 15.8 Å². The van der Waals surface area contributed by atoms with E-state index in [2.05, 4.69) is 10.0 Å². The van der Waals surface area contributed by atoms with Crippen molar-refractivity contribution in [3.63, 3.8) is 0 Å². The summed E-state index contributed by atoms with van der Waals surface area (Å²) in [5.41, 5.74) is 1.64. The Kier molecular flexibility index (Phi) is 4.70. The van der Waals surface area contributed by atoms with Crippen LogP contribution in [0.1, 0.15) is 18.1 Å². The summed E-state index contributed by atoms with van der Waals surface area (Å²) >= 11 is 0. The number of amides is 1. The fourth-order valence-electron chi connectivity index (χ4n) is 2.19. The number of aryl methyl sites for hydroxylation is 2. The first kappa shape index (κ1) is 17.0. The van der Waals surface area contributed by atoms with Crippen LogP contribution < -0.4 is 10.0 Å². The van der Waals surface area contributed by atoms with Gasteiger partial charge in [0.25, 0.3) is 10.0 Å². The number of sulfonamides is 1. The molecular weight excluding hydrogens is 319 g/mol. The van der Waals surface area contributed by atoms with Crippen molar-refractivity contribution in [2.75, 3.05) is 10.0 Å². The van der Waals surface area contributed by atoms with Gasteiger partial charge in [-0.3, -0.25) is 9.52 Å². The zero-order valence-electron chi connectivity index (χ0n) is 13.0. The van der Waals surface area contributed by atoms with Crippen molar-refractivity contribution in [1.82, 2.24) is 0 Å². The summed E-state index contributed by atoms with van der Waals surface area (Å²) in [6.45, 7) is 4.82. The quantitative estimate of drug-likeness (QED) is 0.900. The second-order valence-electron chi connectivity index (χ2n) is 5.25. The molecule has 0 aliphatic heterocycles. The standard InChI is InChI=1S/C16H17FN2O3S/c1-10-4-7-16(11(2)8-10)23(21,22)19-13-5-6-14(17)15(9-13)18-12(3)20/h4-9,19H,1-3H3,(H,18,20). The van der Waals surface area contributed by atoms with Gasteiger partial charge in [0.1, 0.15) is 5.82 Å². The predicted molar refractivity (Wildman–Crippen MR) is 87.4 cm³/mol. The largest absolute Gasteiger partial charge is 0.324 e. The van der Waals surface area contributed by atoms with Gasteiger partial charge >= 0.3 is 0 Å². The summed E-state index contributed by atoms with van der Waals surface area (Å²) < 4.78 is 40.9. The first-order valence-corrected chi connectivity index (χ1v) is 8.34. The summed E-state index contributed by atoms with van der Waals surface area (Å²) in [5.74, 6) is -1.09. The average molecular weight is 336 g/mol. The van der Waals surface area contributed by atoms with Gasteiger partial charge in [-0.05, 0) is 43.7 Å². The molecule has 23 heavy (non-hydrogen) atoms. The van der Waals surface area contributed by atoms with Crippen LogP contribution in [0.5, 0.6) is 0 Å². The minimum absolute atomic E-state index is 0.0849. The molecule has 0 unspecified atom stereocenters. The van der Waals surface area contributed by atoms with E-state index in [0.29, 0.717) is 5.56 Å². The molecule has 0 aliphatic rings. The van der Waals surface area contributed by atoms with Gasteiger partial charge < -0.3 is 5.32 Å². The van der Waals surface area contributed by atoms with Crippen LogP contribution in [0.25, 0.3) is 0 Å². The molecule has 0 spiro atoms. The Hall–Kier alpha value is -2.41. The lowest BCUT2D eigenvalue weighted by Crippen LogP contribution is -2.15. The lowest BCUT2D eigenvalue weighted by molar-refractivity contribution is -0.114. The smallest absolute Gasteiger partial charge is 0.262 e. The SMILES string of the molecule is CC(=O)Nc1cc(NS(=O)(=O)c2ccc(C)cc2C)ccc1F. The van der Waals surface area contributed by atoms with Gasteiger partial charge in [-0.25, -0.2) is 12.8 Å². The maximum Gasteiger partial charge on any atom is 0.262 e. The van der Waals surface area contributed by atoms with Gasteiger partial charge in [-0.1, -0.05) is 17.7 Å². The highest BCUT2D eigenvalue weighted by Crippen LogP contribution is 2.24. The molecule has 122 valence electrons. The molecule has 5 nitrogen and oxygen atoms in total. The van der Waals surface area contributed by atoms with Crippen molar-refractivity contribution in [1.29, 1.82) is 0 Å². The van der Waals surface area contributed by atoms with E-state index in [0.717, 1.165) is 11.6 Å². The minimum Gasteiger partial charge on any atom is -0.324 e. The molecule has 0 aromatic heterocycles. The Morgan fingerprint density at radius 3 is 2.39 bits per heavy atom. The van der Waals surface area contributed by atoms with E-state index in [1.165, 1.54) is 25.1 Å². The lowest BCUT2D eigenvalue weighted by Gasteiger charge is -2.12. The molecule has 0 bridgehead atoms. The molecule has 1 amide bonds. The number of rotatable bonds is 4. The first-order chi connectivity index (χ1) is 10.7. The summed E-state index contributed by atoms with van der Waals surface area (Å²) in [6.07, 6.45) is 0. The third kappa shape index (κ3) is 4.07. The van der Waals surface area contributed by atoms with Crippen LogP contribution in [0.3, 0.4) is 0 Å². The molecular formula is C16H17FN2O3S. The number of benzene rings is 2. The Labute approximate surface area is 134 Å². The van der Waals surface area contributed by atoms with Crippen LogP contribution >= 0.6 is 0 Å². The topological polar surface area (TPSA) is 75.3 Å². The van der Waals surface area contributed by atoms with Crippen molar-refractivity contribution < 1.29 is 17.6 Å². The van der Waals surface area contributed by atoms with Crippen molar-refractivity contribution in [3.05, 3.63) is 53.3 Å². The van der Waals surface area contributed by atoms with E-state index in [9.17, 15) is 17.6 Å². The Balaban J connectivity index is 2.35. The van der Waals surface area contributed by atoms with Crippen molar-refractivity contribution in [2.45, 2.75) is 25.7 Å². The van der Waals surface area contributed by atoms with E-state index in [1.807, 2.05) is 6.92 Å². The van der Waals surface area contributed by atoms with E-state index in [4.69, 9.17) is 0 Å². The molecule has 2 rings (SSSR count). The van der Waals surface area contributed by atoms with Gasteiger partial charge in [0.2, 0.25) is 5.91 Å². The second-order valence-corrected chi connectivity index (χ2v) is 6.90. The van der Waals surface area contributed by atoms with E-state index in [-0.39, 0.29) is 16.3 Å². The molecule has 0 aliphatic carbocycles. The monoisotopic (exact) mass is 336 g/mol. The van der Waals surface area contributed by atoms with Crippen molar-refractivity contribution >= 4 is 27.3 Å². The summed E-state index contributed by atoms with van der Waals surface area (Å²) in [4.78, 5) is 11.2.